The molecule has 2 heterocycles. The van der Waals surface area contributed by atoms with Crippen molar-refractivity contribution < 1.29 is 4.42 Å². The van der Waals surface area contributed by atoms with Crippen molar-refractivity contribution in [3.05, 3.63) is 23.7 Å². The van der Waals surface area contributed by atoms with Crippen molar-refractivity contribution >= 4 is 0 Å². The van der Waals surface area contributed by atoms with Crippen LogP contribution in [-0.2, 0) is 6.42 Å². The third kappa shape index (κ3) is 1.60. The zero-order valence-corrected chi connectivity index (χ0v) is 8.98. The maximum Gasteiger partial charge on any atom is 0.108 e. The summed E-state index contributed by atoms with van der Waals surface area (Å²) in [4.78, 5) is 2.53. The van der Waals surface area contributed by atoms with Gasteiger partial charge in [-0.25, -0.2) is 0 Å². The van der Waals surface area contributed by atoms with Crippen LogP contribution in [0.1, 0.15) is 36.6 Å². The lowest BCUT2D eigenvalue weighted by Gasteiger charge is -2.30. The number of fused-ring (bicyclic) bond motifs is 1. The van der Waals surface area contributed by atoms with Crippen LogP contribution in [0.25, 0.3) is 0 Å². The molecule has 1 aliphatic heterocycles. The Morgan fingerprint density at radius 1 is 1.40 bits per heavy atom. The van der Waals surface area contributed by atoms with Crippen LogP contribution in [0.2, 0.25) is 0 Å². The van der Waals surface area contributed by atoms with Gasteiger partial charge in [-0.3, -0.25) is 4.90 Å². The summed E-state index contributed by atoms with van der Waals surface area (Å²) in [5.74, 6) is 1.20. The van der Waals surface area contributed by atoms with E-state index in [1.54, 1.807) is 0 Å². The Bertz CT molecular complexity index is 347. The van der Waals surface area contributed by atoms with E-state index in [0.29, 0.717) is 12.1 Å². The smallest absolute Gasteiger partial charge is 0.108 e. The highest BCUT2D eigenvalue weighted by molar-refractivity contribution is 5.24. The molecule has 1 aliphatic carbocycles. The first-order chi connectivity index (χ1) is 7.34. The van der Waals surface area contributed by atoms with Gasteiger partial charge in [0.15, 0.2) is 0 Å². The van der Waals surface area contributed by atoms with Crippen LogP contribution >= 0.6 is 0 Å². The fourth-order valence-corrected chi connectivity index (χ4v) is 2.94. The van der Waals surface area contributed by atoms with E-state index in [1.165, 1.54) is 24.2 Å². The maximum absolute atomic E-state index is 5.96. The molecule has 2 atom stereocenters. The average molecular weight is 206 g/mol. The molecule has 0 spiro atoms. The van der Waals surface area contributed by atoms with Gasteiger partial charge >= 0.3 is 0 Å². The largest absolute Gasteiger partial charge is 0.469 e. The van der Waals surface area contributed by atoms with E-state index < -0.39 is 0 Å². The Hall–Kier alpha value is -0.800. The second kappa shape index (κ2) is 3.65. The van der Waals surface area contributed by atoms with E-state index in [4.69, 9.17) is 10.2 Å². The summed E-state index contributed by atoms with van der Waals surface area (Å²) in [7, 11) is 0. The molecule has 1 aromatic heterocycles. The third-order valence-electron chi connectivity index (χ3n) is 3.72. The van der Waals surface area contributed by atoms with Gasteiger partial charge in [0.25, 0.3) is 0 Å². The van der Waals surface area contributed by atoms with Crippen LogP contribution in [0.15, 0.2) is 16.7 Å². The summed E-state index contributed by atoms with van der Waals surface area (Å²) in [5.41, 5.74) is 7.37. The van der Waals surface area contributed by atoms with Crippen molar-refractivity contribution in [2.75, 3.05) is 13.1 Å². The summed E-state index contributed by atoms with van der Waals surface area (Å²) in [6.45, 7) is 2.20. The van der Waals surface area contributed by atoms with Crippen LogP contribution in [0.5, 0.6) is 0 Å². The van der Waals surface area contributed by atoms with Crippen LogP contribution < -0.4 is 5.73 Å². The fraction of sp³-hybridized carbons (Fsp3) is 0.667. The van der Waals surface area contributed by atoms with Crippen molar-refractivity contribution in [2.24, 2.45) is 5.73 Å². The highest BCUT2D eigenvalue weighted by atomic mass is 16.3. The van der Waals surface area contributed by atoms with Gasteiger partial charge in [0.1, 0.15) is 5.76 Å². The van der Waals surface area contributed by atoms with Crippen molar-refractivity contribution in [3.63, 3.8) is 0 Å². The highest BCUT2D eigenvalue weighted by Crippen LogP contribution is 2.36. The lowest BCUT2D eigenvalue weighted by Crippen LogP contribution is -2.31. The minimum atomic E-state index is 0.377. The molecule has 2 aliphatic rings. The van der Waals surface area contributed by atoms with Gasteiger partial charge in [0.2, 0.25) is 0 Å². The van der Waals surface area contributed by atoms with Crippen LogP contribution in [0.4, 0.5) is 0 Å². The normalized spacial score (nSPS) is 31.8. The maximum atomic E-state index is 5.96. The van der Waals surface area contributed by atoms with E-state index in [0.717, 1.165) is 25.9 Å². The molecule has 1 fully saturated rings. The fourth-order valence-electron chi connectivity index (χ4n) is 2.94. The van der Waals surface area contributed by atoms with Crippen molar-refractivity contribution in [1.82, 2.24) is 4.90 Å². The number of nitrogens with two attached hydrogens (primary N) is 1. The minimum absolute atomic E-state index is 0.377. The topological polar surface area (TPSA) is 42.4 Å². The predicted octanol–water partition coefficient (Wildman–Crippen LogP) is 1.69. The predicted molar refractivity (Wildman–Crippen MR) is 58.6 cm³/mol. The van der Waals surface area contributed by atoms with Crippen LogP contribution in [0.3, 0.4) is 0 Å². The van der Waals surface area contributed by atoms with Gasteiger partial charge in [0.05, 0.1) is 6.26 Å². The number of hydrogen-bond acceptors (Lipinski definition) is 3. The van der Waals surface area contributed by atoms with Gasteiger partial charge < -0.3 is 10.2 Å². The molecule has 3 nitrogen and oxygen atoms in total. The lowest BCUT2D eigenvalue weighted by molar-refractivity contribution is 0.214. The second-order valence-electron chi connectivity index (χ2n) is 4.75. The van der Waals surface area contributed by atoms with E-state index in [-0.39, 0.29) is 0 Å². The molecule has 2 unspecified atom stereocenters. The van der Waals surface area contributed by atoms with E-state index in [1.807, 2.05) is 6.26 Å². The molecule has 2 N–H and O–H groups in total. The second-order valence-corrected chi connectivity index (χ2v) is 4.75. The van der Waals surface area contributed by atoms with Crippen LogP contribution in [-0.4, -0.2) is 24.0 Å². The highest BCUT2D eigenvalue weighted by Gasteiger charge is 2.31. The first-order valence-electron chi connectivity index (χ1n) is 5.90. The van der Waals surface area contributed by atoms with Gasteiger partial charge in [-0.2, -0.15) is 0 Å². The Labute approximate surface area is 90.2 Å². The SMILES string of the molecule is NC1CCN(C2CCCc3occc32)C1. The number of furan rings is 1. The molecule has 3 heteroatoms. The number of rotatable bonds is 1. The molecular formula is C12H18N2O. The Kier molecular flexibility index (Phi) is 2.29. The van der Waals surface area contributed by atoms with Crippen LogP contribution in [0, 0.1) is 0 Å². The average Bonchev–Trinajstić information content (AvgIpc) is 2.84. The first-order valence-corrected chi connectivity index (χ1v) is 5.90. The van der Waals surface area contributed by atoms with Crippen molar-refractivity contribution in [1.29, 1.82) is 0 Å². The molecule has 0 saturated carbocycles. The van der Waals surface area contributed by atoms with Gasteiger partial charge in [-0.15, -0.1) is 0 Å². The molecule has 1 saturated heterocycles. The number of nitrogens with zero attached hydrogens (tertiary/aromatic N) is 1. The van der Waals surface area contributed by atoms with Gasteiger partial charge in [-0.1, -0.05) is 0 Å². The van der Waals surface area contributed by atoms with E-state index in [2.05, 4.69) is 11.0 Å². The summed E-state index contributed by atoms with van der Waals surface area (Å²) in [6, 6.07) is 3.09. The lowest BCUT2D eigenvalue weighted by atomic mass is 9.92. The monoisotopic (exact) mass is 206 g/mol. The van der Waals surface area contributed by atoms with Crippen molar-refractivity contribution in [2.45, 2.75) is 37.8 Å². The van der Waals surface area contributed by atoms with Gasteiger partial charge in [0, 0.05) is 37.2 Å². The number of aryl methyl sites for hydroxylation is 1. The zero-order valence-electron chi connectivity index (χ0n) is 8.98. The Morgan fingerprint density at radius 2 is 2.33 bits per heavy atom. The molecule has 0 amide bonds. The molecule has 0 radical (unpaired) electrons. The molecule has 0 aromatic carbocycles. The van der Waals surface area contributed by atoms with E-state index in [9.17, 15) is 0 Å². The summed E-state index contributed by atoms with van der Waals surface area (Å²) in [5, 5.41) is 0. The molecule has 1 aromatic rings. The Balaban J connectivity index is 1.83. The van der Waals surface area contributed by atoms with Crippen molar-refractivity contribution in [3.8, 4) is 0 Å². The summed E-state index contributed by atoms with van der Waals surface area (Å²) in [6.07, 6.45) is 6.59. The van der Waals surface area contributed by atoms with E-state index >= 15 is 0 Å². The number of likely N-dealkylation sites (tertiary alicyclic amines) is 1. The first kappa shape index (κ1) is 9.43. The zero-order chi connectivity index (χ0) is 10.3. The molecule has 82 valence electrons. The summed E-state index contributed by atoms with van der Waals surface area (Å²) >= 11 is 0. The molecule has 3 rings (SSSR count). The Morgan fingerprint density at radius 3 is 3.13 bits per heavy atom. The molecular weight excluding hydrogens is 188 g/mol. The summed E-state index contributed by atoms with van der Waals surface area (Å²) < 4.78 is 5.51. The quantitative estimate of drug-likeness (QED) is 0.760. The number of hydrogen-bond donors (Lipinski definition) is 1. The standard InChI is InChI=1S/C12H18N2O/c13-9-4-6-14(8-9)11-2-1-3-12-10(11)5-7-15-12/h5,7,9,11H,1-4,6,8,13H2. The molecule has 15 heavy (non-hydrogen) atoms. The molecule has 0 bridgehead atoms. The third-order valence-corrected chi connectivity index (χ3v) is 3.72. The minimum Gasteiger partial charge on any atom is -0.469 e. The van der Waals surface area contributed by atoms with Gasteiger partial charge in [-0.05, 0) is 25.3 Å².